The maximum atomic E-state index is 8.86. The molecule has 5 nitrogen and oxygen atoms in total. The van der Waals surface area contributed by atoms with Crippen molar-refractivity contribution >= 4 is 17.3 Å². The molecule has 0 amide bonds. The summed E-state index contributed by atoms with van der Waals surface area (Å²) in [5, 5.41) is 16.0. The van der Waals surface area contributed by atoms with Crippen molar-refractivity contribution in [3.8, 4) is 0 Å². The molecule has 0 unspecified atom stereocenters. The molecule has 0 saturated heterocycles. The minimum absolute atomic E-state index is 0.345. The van der Waals surface area contributed by atoms with E-state index in [1.807, 2.05) is 13.8 Å². The van der Waals surface area contributed by atoms with Crippen LogP contribution in [-0.2, 0) is 6.54 Å². The Balaban J connectivity index is 2.75. The highest BCUT2D eigenvalue weighted by Gasteiger charge is 2.25. The Morgan fingerprint density at radius 2 is 2.36 bits per heavy atom. The maximum Gasteiger partial charge on any atom is 0.137 e. The first-order chi connectivity index (χ1) is 6.60. The van der Waals surface area contributed by atoms with Crippen molar-refractivity contribution in [3.05, 3.63) is 12.7 Å². The lowest BCUT2D eigenvalue weighted by Gasteiger charge is -2.22. The van der Waals surface area contributed by atoms with Gasteiger partial charge < -0.3 is 5.21 Å². The molecule has 0 bridgehead atoms. The van der Waals surface area contributed by atoms with Crippen molar-refractivity contribution in [1.82, 2.24) is 14.8 Å². The van der Waals surface area contributed by atoms with Crippen molar-refractivity contribution in [3.63, 3.8) is 0 Å². The summed E-state index contributed by atoms with van der Waals surface area (Å²) >= 11 is 5.77. The van der Waals surface area contributed by atoms with E-state index in [9.17, 15) is 0 Å². The van der Waals surface area contributed by atoms with Gasteiger partial charge in [0, 0.05) is 11.3 Å². The quantitative estimate of drug-likeness (QED) is 0.358. The molecular weight excluding hydrogens is 204 g/mol. The summed E-state index contributed by atoms with van der Waals surface area (Å²) in [5.74, 6) is 0.390. The molecule has 78 valence electrons. The number of rotatable bonds is 4. The van der Waals surface area contributed by atoms with Crippen LogP contribution in [0.15, 0.2) is 17.8 Å². The van der Waals surface area contributed by atoms with E-state index in [-0.39, 0.29) is 5.41 Å². The highest BCUT2D eigenvalue weighted by atomic mass is 35.5. The molecule has 0 aromatic carbocycles. The van der Waals surface area contributed by atoms with E-state index in [0.717, 1.165) is 0 Å². The van der Waals surface area contributed by atoms with Gasteiger partial charge >= 0.3 is 0 Å². The van der Waals surface area contributed by atoms with Crippen LogP contribution in [0, 0.1) is 5.41 Å². The molecule has 1 heterocycles. The zero-order chi connectivity index (χ0) is 10.6. The molecule has 0 fully saturated rings. The van der Waals surface area contributed by atoms with Gasteiger partial charge in [0.25, 0.3) is 0 Å². The average molecular weight is 217 g/mol. The molecule has 0 atom stereocenters. The van der Waals surface area contributed by atoms with E-state index in [1.54, 1.807) is 11.0 Å². The zero-order valence-corrected chi connectivity index (χ0v) is 8.94. The van der Waals surface area contributed by atoms with Gasteiger partial charge in [-0.3, -0.25) is 0 Å². The lowest BCUT2D eigenvalue weighted by molar-refractivity contribution is 0.307. The molecule has 0 radical (unpaired) electrons. The van der Waals surface area contributed by atoms with Gasteiger partial charge in [0.1, 0.15) is 12.7 Å². The Labute approximate surface area is 87.4 Å². The van der Waals surface area contributed by atoms with Crippen LogP contribution in [0.2, 0.25) is 0 Å². The molecule has 14 heavy (non-hydrogen) atoms. The SMILES string of the molecule is CC(C)(CCl)/C(Cn1cncn1)=N\O. The lowest BCUT2D eigenvalue weighted by atomic mass is 9.90. The predicted molar refractivity (Wildman–Crippen MR) is 53.7 cm³/mol. The predicted octanol–water partition coefficient (Wildman–Crippen LogP) is 1.37. The molecule has 6 heteroatoms. The molecular formula is C8H13ClN4O. The van der Waals surface area contributed by atoms with Gasteiger partial charge in [0.2, 0.25) is 0 Å². The van der Waals surface area contributed by atoms with Gasteiger partial charge in [0.05, 0.1) is 12.3 Å². The minimum Gasteiger partial charge on any atom is -0.411 e. The highest BCUT2D eigenvalue weighted by molar-refractivity contribution is 6.20. The molecule has 1 rings (SSSR count). The van der Waals surface area contributed by atoms with Gasteiger partial charge in [-0.1, -0.05) is 19.0 Å². The second-order valence-corrected chi connectivity index (χ2v) is 3.92. The van der Waals surface area contributed by atoms with Crippen LogP contribution >= 0.6 is 11.6 Å². The Bertz CT molecular complexity index is 307. The largest absolute Gasteiger partial charge is 0.411 e. The van der Waals surface area contributed by atoms with Crippen molar-refractivity contribution in [2.75, 3.05) is 5.88 Å². The molecule has 0 aliphatic rings. The molecule has 0 aliphatic heterocycles. The fourth-order valence-corrected chi connectivity index (χ4v) is 1.08. The van der Waals surface area contributed by atoms with E-state index >= 15 is 0 Å². The van der Waals surface area contributed by atoms with E-state index < -0.39 is 0 Å². The first-order valence-electron chi connectivity index (χ1n) is 4.20. The third-order valence-corrected chi connectivity index (χ3v) is 2.68. The van der Waals surface area contributed by atoms with Crippen molar-refractivity contribution in [1.29, 1.82) is 0 Å². The minimum atomic E-state index is -0.345. The smallest absolute Gasteiger partial charge is 0.137 e. The second kappa shape index (κ2) is 4.41. The van der Waals surface area contributed by atoms with Crippen molar-refractivity contribution < 1.29 is 5.21 Å². The summed E-state index contributed by atoms with van der Waals surface area (Å²) < 4.78 is 1.59. The number of hydrogen-bond acceptors (Lipinski definition) is 4. The van der Waals surface area contributed by atoms with E-state index in [4.69, 9.17) is 16.8 Å². The summed E-state index contributed by atoms with van der Waals surface area (Å²) in [6.07, 6.45) is 3.00. The fraction of sp³-hybridized carbons (Fsp3) is 0.625. The van der Waals surface area contributed by atoms with Crippen LogP contribution < -0.4 is 0 Å². The summed E-state index contributed by atoms with van der Waals surface area (Å²) in [5.41, 5.74) is 0.236. The molecule has 1 N–H and O–H groups in total. The molecule has 0 spiro atoms. The Hall–Kier alpha value is -1.10. The summed E-state index contributed by atoms with van der Waals surface area (Å²) in [4.78, 5) is 3.80. The standard InChI is InChI=1S/C8H13ClN4O/c1-8(2,4-9)7(12-14)3-13-6-10-5-11-13/h5-6,14H,3-4H2,1-2H3/b12-7-. The highest BCUT2D eigenvalue weighted by Crippen LogP contribution is 2.20. The van der Waals surface area contributed by atoms with Gasteiger partial charge in [-0.15, -0.1) is 11.6 Å². The van der Waals surface area contributed by atoms with Crippen molar-refractivity contribution in [2.24, 2.45) is 10.6 Å². The van der Waals surface area contributed by atoms with Gasteiger partial charge in [0.15, 0.2) is 0 Å². The molecule has 1 aromatic rings. The van der Waals surface area contributed by atoms with Gasteiger partial charge in [-0.05, 0) is 0 Å². The van der Waals surface area contributed by atoms with Crippen LogP contribution in [0.3, 0.4) is 0 Å². The van der Waals surface area contributed by atoms with Crippen molar-refractivity contribution in [2.45, 2.75) is 20.4 Å². The zero-order valence-electron chi connectivity index (χ0n) is 8.18. The van der Waals surface area contributed by atoms with E-state index in [1.165, 1.54) is 6.33 Å². The fourth-order valence-electron chi connectivity index (χ4n) is 0.926. The third kappa shape index (κ3) is 2.45. The number of oxime groups is 1. The first-order valence-corrected chi connectivity index (χ1v) is 4.73. The summed E-state index contributed by atoms with van der Waals surface area (Å²) in [7, 11) is 0. The van der Waals surface area contributed by atoms with Crippen LogP contribution in [0.1, 0.15) is 13.8 Å². The normalized spacial score (nSPS) is 13.2. The molecule has 1 aromatic heterocycles. The van der Waals surface area contributed by atoms with Crippen LogP contribution in [0.4, 0.5) is 0 Å². The third-order valence-electron chi connectivity index (χ3n) is 2.01. The summed E-state index contributed by atoms with van der Waals surface area (Å²) in [6, 6.07) is 0. The van der Waals surface area contributed by atoms with Gasteiger partial charge in [-0.2, -0.15) is 5.10 Å². The first kappa shape index (κ1) is 11.0. The number of hydrogen-bond donors (Lipinski definition) is 1. The number of aromatic nitrogens is 3. The van der Waals surface area contributed by atoms with Crippen LogP contribution in [-0.4, -0.2) is 31.6 Å². The average Bonchev–Trinajstić information content (AvgIpc) is 2.66. The number of nitrogens with zero attached hydrogens (tertiary/aromatic N) is 4. The Morgan fingerprint density at radius 1 is 1.64 bits per heavy atom. The molecule has 0 aliphatic carbocycles. The monoisotopic (exact) mass is 216 g/mol. The summed E-state index contributed by atoms with van der Waals surface area (Å²) in [6.45, 7) is 4.22. The number of halogens is 1. The van der Waals surface area contributed by atoms with E-state index in [0.29, 0.717) is 18.1 Å². The van der Waals surface area contributed by atoms with E-state index in [2.05, 4.69) is 15.2 Å². The topological polar surface area (TPSA) is 63.3 Å². The van der Waals surface area contributed by atoms with Crippen LogP contribution in [0.5, 0.6) is 0 Å². The Morgan fingerprint density at radius 3 is 2.79 bits per heavy atom. The maximum absolute atomic E-state index is 8.86. The lowest BCUT2D eigenvalue weighted by Crippen LogP contribution is -2.30. The molecule has 0 saturated carbocycles. The van der Waals surface area contributed by atoms with Crippen LogP contribution in [0.25, 0.3) is 0 Å². The van der Waals surface area contributed by atoms with Gasteiger partial charge in [-0.25, -0.2) is 9.67 Å². The second-order valence-electron chi connectivity index (χ2n) is 3.66. The Kier molecular flexibility index (Phi) is 3.46. The number of alkyl halides is 1.